The van der Waals surface area contributed by atoms with Gasteiger partial charge in [0.05, 0.1) is 0 Å². The lowest BCUT2D eigenvalue weighted by molar-refractivity contribution is -0.138. The molecule has 20 heavy (non-hydrogen) atoms. The van der Waals surface area contributed by atoms with E-state index >= 15 is 0 Å². The average molecular weight is 283 g/mol. The van der Waals surface area contributed by atoms with Crippen molar-refractivity contribution in [3.63, 3.8) is 0 Å². The maximum Gasteiger partial charge on any atom is 0.314 e. The summed E-state index contributed by atoms with van der Waals surface area (Å²) in [5.74, 6) is -0.812. The van der Waals surface area contributed by atoms with Gasteiger partial charge in [0.2, 0.25) is 0 Å². The van der Waals surface area contributed by atoms with Crippen molar-refractivity contribution in [2.24, 2.45) is 11.7 Å². The number of carboxylic acid groups (broad SMARTS) is 1. The molecule has 1 saturated carbocycles. The molecule has 0 radical (unpaired) electrons. The lowest BCUT2D eigenvalue weighted by Gasteiger charge is -2.39. The molecule has 1 heterocycles. The largest absolute Gasteiger partial charge is 0.481 e. The number of carbonyl (C=O) groups is 2. The quantitative estimate of drug-likeness (QED) is 0.721. The van der Waals surface area contributed by atoms with E-state index in [9.17, 15) is 9.59 Å². The molecule has 0 spiro atoms. The second-order valence-electron chi connectivity index (χ2n) is 6.14. The summed E-state index contributed by atoms with van der Waals surface area (Å²) in [5, 5.41) is 12.5. The minimum atomic E-state index is -0.808. The summed E-state index contributed by atoms with van der Waals surface area (Å²) in [4.78, 5) is 23.9. The second kappa shape index (κ2) is 6.92. The Balaban J connectivity index is 1.91. The number of hydrogen-bond donors (Lipinski definition) is 3. The van der Waals surface area contributed by atoms with E-state index in [-0.39, 0.29) is 18.4 Å². The first kappa shape index (κ1) is 15.1. The molecule has 2 atom stereocenters. The molecule has 2 rings (SSSR count). The lowest BCUT2D eigenvalue weighted by atomic mass is 9.89. The van der Waals surface area contributed by atoms with E-state index in [0.717, 1.165) is 6.42 Å². The number of primary amides is 1. The van der Waals surface area contributed by atoms with Crippen LogP contribution in [0, 0.1) is 5.92 Å². The van der Waals surface area contributed by atoms with E-state index in [1.807, 2.05) is 0 Å². The second-order valence-corrected chi connectivity index (χ2v) is 6.14. The fraction of sp³-hybridized carbons (Fsp3) is 0.857. The van der Waals surface area contributed by atoms with Crippen LogP contribution in [0.3, 0.4) is 0 Å². The van der Waals surface area contributed by atoms with Crippen molar-refractivity contribution in [2.75, 3.05) is 13.1 Å². The van der Waals surface area contributed by atoms with Crippen LogP contribution in [0.2, 0.25) is 0 Å². The number of piperidine rings is 1. The SMILES string of the molecule is NC(=O)N1CC(CC(=O)O)CC(NC2CCCCC2)C1. The Morgan fingerprint density at radius 2 is 1.85 bits per heavy atom. The molecule has 0 aromatic carbocycles. The Morgan fingerprint density at radius 1 is 1.15 bits per heavy atom. The molecule has 2 amide bonds. The van der Waals surface area contributed by atoms with E-state index in [2.05, 4.69) is 5.32 Å². The number of aliphatic carboxylic acids is 1. The number of carboxylic acids is 1. The Morgan fingerprint density at radius 3 is 2.45 bits per heavy atom. The maximum atomic E-state index is 11.4. The standard InChI is InChI=1S/C14H25N3O3/c15-14(20)17-8-10(7-13(18)19)6-12(9-17)16-11-4-2-1-3-5-11/h10-12,16H,1-9H2,(H2,15,20)(H,18,19). The van der Waals surface area contributed by atoms with Crippen molar-refractivity contribution in [1.29, 1.82) is 0 Å². The Hall–Kier alpha value is -1.30. The summed E-state index contributed by atoms with van der Waals surface area (Å²) >= 11 is 0. The van der Waals surface area contributed by atoms with Crippen molar-refractivity contribution >= 4 is 12.0 Å². The van der Waals surface area contributed by atoms with E-state index in [4.69, 9.17) is 10.8 Å². The van der Waals surface area contributed by atoms with Crippen molar-refractivity contribution in [3.8, 4) is 0 Å². The van der Waals surface area contributed by atoms with Gasteiger partial charge < -0.3 is 21.1 Å². The predicted octanol–water partition coefficient (Wildman–Crippen LogP) is 1.15. The van der Waals surface area contributed by atoms with Crippen molar-refractivity contribution < 1.29 is 14.7 Å². The molecule has 1 saturated heterocycles. The normalized spacial score (nSPS) is 28.3. The predicted molar refractivity (Wildman–Crippen MR) is 75.3 cm³/mol. The van der Waals surface area contributed by atoms with Gasteiger partial charge in [0.15, 0.2) is 0 Å². The number of nitrogens with zero attached hydrogens (tertiary/aromatic N) is 1. The van der Waals surface area contributed by atoms with Crippen LogP contribution in [0.5, 0.6) is 0 Å². The highest BCUT2D eigenvalue weighted by Gasteiger charge is 2.31. The Labute approximate surface area is 119 Å². The highest BCUT2D eigenvalue weighted by atomic mass is 16.4. The molecule has 1 aliphatic carbocycles. The average Bonchev–Trinajstić information content (AvgIpc) is 2.38. The van der Waals surface area contributed by atoms with E-state index in [1.54, 1.807) is 4.90 Å². The summed E-state index contributed by atoms with van der Waals surface area (Å²) in [7, 11) is 0. The first-order valence-electron chi connectivity index (χ1n) is 7.57. The van der Waals surface area contributed by atoms with Gasteiger partial charge in [-0.05, 0) is 25.2 Å². The number of nitrogens with one attached hydrogen (secondary N) is 1. The topological polar surface area (TPSA) is 95.7 Å². The van der Waals surface area contributed by atoms with Crippen LogP contribution in [0.4, 0.5) is 4.79 Å². The summed E-state index contributed by atoms with van der Waals surface area (Å²) in [6.07, 6.45) is 7.08. The van der Waals surface area contributed by atoms with Crippen molar-refractivity contribution in [3.05, 3.63) is 0 Å². The number of hydrogen-bond acceptors (Lipinski definition) is 3. The Bertz CT molecular complexity index is 356. The van der Waals surface area contributed by atoms with Gasteiger partial charge in [-0.2, -0.15) is 0 Å². The zero-order valence-corrected chi connectivity index (χ0v) is 11.9. The van der Waals surface area contributed by atoms with Crippen LogP contribution < -0.4 is 11.1 Å². The minimum absolute atomic E-state index is 0.00478. The van der Waals surface area contributed by atoms with Gasteiger partial charge in [0, 0.05) is 31.6 Å². The number of amides is 2. The van der Waals surface area contributed by atoms with Crippen molar-refractivity contribution in [2.45, 2.75) is 57.0 Å². The van der Waals surface area contributed by atoms with Crippen LogP contribution in [-0.4, -0.2) is 47.2 Å². The molecule has 0 bridgehead atoms. The number of rotatable bonds is 4. The third kappa shape index (κ3) is 4.37. The summed E-state index contributed by atoms with van der Waals surface area (Å²) in [6, 6.07) is 0.228. The van der Waals surface area contributed by atoms with Crippen LogP contribution in [-0.2, 0) is 4.79 Å². The first-order chi connectivity index (χ1) is 9.54. The monoisotopic (exact) mass is 283 g/mol. The number of carbonyl (C=O) groups excluding carboxylic acids is 1. The van der Waals surface area contributed by atoms with E-state index < -0.39 is 12.0 Å². The molecule has 114 valence electrons. The summed E-state index contributed by atoms with van der Waals surface area (Å²) in [6.45, 7) is 1.06. The number of nitrogens with two attached hydrogens (primary N) is 1. The van der Waals surface area contributed by atoms with E-state index in [1.165, 1.54) is 32.1 Å². The summed E-state index contributed by atoms with van der Waals surface area (Å²) < 4.78 is 0. The molecule has 0 aromatic heterocycles. The highest BCUT2D eigenvalue weighted by molar-refractivity contribution is 5.72. The Kier molecular flexibility index (Phi) is 5.23. The van der Waals surface area contributed by atoms with Crippen LogP contribution in [0.25, 0.3) is 0 Å². The number of urea groups is 1. The molecule has 0 aromatic rings. The van der Waals surface area contributed by atoms with Gasteiger partial charge in [-0.15, -0.1) is 0 Å². The highest BCUT2D eigenvalue weighted by Crippen LogP contribution is 2.23. The van der Waals surface area contributed by atoms with Crippen LogP contribution >= 0.6 is 0 Å². The molecular formula is C14H25N3O3. The molecule has 1 aliphatic heterocycles. The van der Waals surface area contributed by atoms with Gasteiger partial charge in [0.1, 0.15) is 0 Å². The van der Waals surface area contributed by atoms with Gasteiger partial charge in [0.25, 0.3) is 0 Å². The molecule has 4 N–H and O–H groups in total. The third-order valence-corrected chi connectivity index (χ3v) is 4.39. The van der Waals surface area contributed by atoms with Crippen LogP contribution in [0.1, 0.15) is 44.9 Å². The fourth-order valence-corrected chi connectivity index (χ4v) is 3.50. The molecular weight excluding hydrogens is 258 g/mol. The molecule has 2 aliphatic rings. The van der Waals surface area contributed by atoms with Gasteiger partial charge in [-0.1, -0.05) is 19.3 Å². The smallest absolute Gasteiger partial charge is 0.314 e. The van der Waals surface area contributed by atoms with Gasteiger partial charge in [-0.25, -0.2) is 4.79 Å². The fourth-order valence-electron chi connectivity index (χ4n) is 3.50. The first-order valence-corrected chi connectivity index (χ1v) is 7.57. The molecule has 2 fully saturated rings. The molecule has 2 unspecified atom stereocenters. The summed E-state index contributed by atoms with van der Waals surface area (Å²) in [5.41, 5.74) is 5.37. The van der Waals surface area contributed by atoms with Crippen LogP contribution in [0.15, 0.2) is 0 Å². The van der Waals surface area contributed by atoms with Crippen molar-refractivity contribution in [1.82, 2.24) is 10.2 Å². The zero-order chi connectivity index (χ0) is 14.5. The van der Waals surface area contributed by atoms with Gasteiger partial charge in [-0.3, -0.25) is 4.79 Å². The van der Waals surface area contributed by atoms with Gasteiger partial charge >= 0.3 is 12.0 Å². The minimum Gasteiger partial charge on any atom is -0.481 e. The lowest BCUT2D eigenvalue weighted by Crippen LogP contribution is -2.55. The third-order valence-electron chi connectivity index (χ3n) is 4.39. The maximum absolute atomic E-state index is 11.4. The molecule has 6 nitrogen and oxygen atoms in total. The van der Waals surface area contributed by atoms with E-state index in [0.29, 0.717) is 19.1 Å². The molecule has 6 heteroatoms. The number of likely N-dealkylation sites (tertiary alicyclic amines) is 1. The zero-order valence-electron chi connectivity index (χ0n) is 11.9.